The van der Waals surface area contributed by atoms with Gasteiger partial charge in [-0.15, -0.1) is 0 Å². The van der Waals surface area contributed by atoms with Gasteiger partial charge in [0, 0.05) is 11.0 Å². The lowest BCUT2D eigenvalue weighted by Gasteiger charge is -2.09. The first-order valence-electron chi connectivity index (χ1n) is 7.17. The van der Waals surface area contributed by atoms with Crippen molar-refractivity contribution in [1.29, 1.82) is 0 Å². The smallest absolute Gasteiger partial charge is 0.257 e. The molecule has 0 saturated carbocycles. The van der Waals surface area contributed by atoms with Crippen LogP contribution in [0.1, 0.15) is 6.42 Å². The summed E-state index contributed by atoms with van der Waals surface area (Å²) in [6.07, 6.45) is 0.582. The fourth-order valence-electron chi connectivity index (χ4n) is 1.77. The van der Waals surface area contributed by atoms with Crippen LogP contribution in [0.15, 0.2) is 53.0 Å². The van der Waals surface area contributed by atoms with E-state index in [0.29, 0.717) is 25.3 Å². The molecule has 0 bridgehead atoms. The Morgan fingerprint density at radius 2 is 1.83 bits per heavy atom. The first-order valence-corrected chi connectivity index (χ1v) is 7.97. The number of halogens is 2. The Balaban J connectivity index is 1.58. The SMILES string of the molecule is O=C(COc1ccc(Br)cc1)NCCCOc1ccccc1F. The van der Waals surface area contributed by atoms with Crippen molar-refractivity contribution >= 4 is 21.8 Å². The zero-order valence-corrected chi connectivity index (χ0v) is 14.0. The molecule has 0 atom stereocenters. The lowest BCUT2D eigenvalue weighted by molar-refractivity contribution is -0.123. The highest BCUT2D eigenvalue weighted by molar-refractivity contribution is 9.10. The number of rotatable bonds is 8. The van der Waals surface area contributed by atoms with E-state index in [9.17, 15) is 9.18 Å². The second-order valence-corrected chi connectivity index (χ2v) is 5.64. The summed E-state index contributed by atoms with van der Waals surface area (Å²) in [5.74, 6) is 0.252. The molecule has 2 aromatic carbocycles. The number of amides is 1. The number of hydrogen-bond acceptors (Lipinski definition) is 3. The molecule has 0 unspecified atom stereocenters. The number of carbonyl (C=O) groups is 1. The van der Waals surface area contributed by atoms with Crippen LogP contribution in [0.4, 0.5) is 4.39 Å². The van der Waals surface area contributed by atoms with Crippen molar-refractivity contribution in [3.8, 4) is 11.5 Å². The molecule has 1 amide bonds. The van der Waals surface area contributed by atoms with Crippen molar-refractivity contribution in [1.82, 2.24) is 5.32 Å². The van der Waals surface area contributed by atoms with E-state index in [2.05, 4.69) is 21.2 Å². The van der Waals surface area contributed by atoms with E-state index in [-0.39, 0.29) is 24.1 Å². The average Bonchev–Trinajstić information content (AvgIpc) is 2.55. The third-order valence-corrected chi connectivity index (χ3v) is 3.45. The molecule has 0 aromatic heterocycles. The maximum atomic E-state index is 13.3. The predicted molar refractivity (Wildman–Crippen MR) is 89.2 cm³/mol. The highest BCUT2D eigenvalue weighted by atomic mass is 79.9. The first kappa shape index (κ1) is 17.3. The van der Waals surface area contributed by atoms with Gasteiger partial charge >= 0.3 is 0 Å². The molecule has 23 heavy (non-hydrogen) atoms. The van der Waals surface area contributed by atoms with Gasteiger partial charge in [-0.25, -0.2) is 4.39 Å². The minimum absolute atomic E-state index is 0.0458. The Morgan fingerprint density at radius 3 is 2.57 bits per heavy atom. The van der Waals surface area contributed by atoms with E-state index >= 15 is 0 Å². The second kappa shape index (κ2) is 9.15. The summed E-state index contributed by atoms with van der Waals surface area (Å²) in [6.45, 7) is 0.724. The van der Waals surface area contributed by atoms with Gasteiger partial charge in [-0.05, 0) is 42.8 Å². The maximum Gasteiger partial charge on any atom is 0.257 e. The molecule has 0 aliphatic heterocycles. The van der Waals surface area contributed by atoms with Gasteiger partial charge in [-0.2, -0.15) is 0 Å². The summed E-state index contributed by atoms with van der Waals surface area (Å²) in [7, 11) is 0. The zero-order chi connectivity index (χ0) is 16.5. The minimum Gasteiger partial charge on any atom is -0.490 e. The predicted octanol–water partition coefficient (Wildman–Crippen LogP) is 3.55. The monoisotopic (exact) mass is 381 g/mol. The number of nitrogens with one attached hydrogen (secondary N) is 1. The highest BCUT2D eigenvalue weighted by Gasteiger charge is 2.03. The molecule has 1 N–H and O–H groups in total. The van der Waals surface area contributed by atoms with Crippen molar-refractivity contribution in [3.05, 3.63) is 58.8 Å². The Labute approximate surface area is 142 Å². The van der Waals surface area contributed by atoms with Crippen LogP contribution in [0, 0.1) is 5.82 Å². The van der Waals surface area contributed by atoms with Crippen molar-refractivity contribution in [2.45, 2.75) is 6.42 Å². The third kappa shape index (κ3) is 6.28. The molecule has 4 nitrogen and oxygen atoms in total. The van der Waals surface area contributed by atoms with E-state index < -0.39 is 0 Å². The second-order valence-electron chi connectivity index (χ2n) is 4.72. The van der Waals surface area contributed by atoms with E-state index in [1.165, 1.54) is 6.07 Å². The van der Waals surface area contributed by atoms with Gasteiger partial charge in [0.05, 0.1) is 6.61 Å². The Bertz CT molecular complexity index is 634. The van der Waals surface area contributed by atoms with E-state index in [4.69, 9.17) is 9.47 Å². The minimum atomic E-state index is -0.389. The van der Waals surface area contributed by atoms with Gasteiger partial charge in [-0.3, -0.25) is 4.79 Å². The van der Waals surface area contributed by atoms with Crippen LogP contribution in [-0.4, -0.2) is 25.7 Å². The molecule has 6 heteroatoms. The third-order valence-electron chi connectivity index (χ3n) is 2.92. The summed E-state index contributed by atoms with van der Waals surface area (Å²) in [6, 6.07) is 13.5. The van der Waals surface area contributed by atoms with Crippen LogP contribution >= 0.6 is 15.9 Å². The quantitative estimate of drug-likeness (QED) is 0.711. The van der Waals surface area contributed by atoms with Crippen LogP contribution in [-0.2, 0) is 4.79 Å². The summed E-state index contributed by atoms with van der Waals surface area (Å²) >= 11 is 3.33. The summed E-state index contributed by atoms with van der Waals surface area (Å²) < 4.78 is 24.9. The Hall–Kier alpha value is -2.08. The number of ether oxygens (including phenoxy) is 2. The standard InChI is InChI=1S/C17H17BrFNO3/c18-13-6-8-14(9-7-13)23-12-17(21)20-10-3-11-22-16-5-2-1-4-15(16)19/h1-2,4-9H,3,10-12H2,(H,20,21). The van der Waals surface area contributed by atoms with Crippen LogP contribution in [0.5, 0.6) is 11.5 Å². The Morgan fingerprint density at radius 1 is 1.09 bits per heavy atom. The molecule has 0 spiro atoms. The number of para-hydroxylation sites is 1. The van der Waals surface area contributed by atoms with Crippen LogP contribution in [0.2, 0.25) is 0 Å². The van der Waals surface area contributed by atoms with Crippen molar-refractivity contribution in [2.75, 3.05) is 19.8 Å². The first-order chi connectivity index (χ1) is 11.1. The molecule has 0 aliphatic rings. The number of hydrogen-bond donors (Lipinski definition) is 1. The van der Waals surface area contributed by atoms with Gasteiger partial charge in [0.15, 0.2) is 18.2 Å². The normalized spacial score (nSPS) is 10.2. The lowest BCUT2D eigenvalue weighted by atomic mass is 10.3. The average molecular weight is 382 g/mol. The highest BCUT2D eigenvalue weighted by Crippen LogP contribution is 2.16. The molecule has 0 saturated heterocycles. The molecule has 0 radical (unpaired) electrons. The topological polar surface area (TPSA) is 47.6 Å². The van der Waals surface area contributed by atoms with Crippen LogP contribution in [0.3, 0.4) is 0 Å². The van der Waals surface area contributed by atoms with Gasteiger partial charge in [0.25, 0.3) is 5.91 Å². The van der Waals surface area contributed by atoms with Gasteiger partial charge in [-0.1, -0.05) is 28.1 Å². The van der Waals surface area contributed by atoms with Crippen molar-refractivity contribution < 1.29 is 18.7 Å². The molecule has 0 fully saturated rings. The van der Waals surface area contributed by atoms with Crippen LogP contribution < -0.4 is 14.8 Å². The summed E-state index contributed by atoms with van der Waals surface area (Å²) in [4.78, 5) is 11.6. The van der Waals surface area contributed by atoms with Crippen molar-refractivity contribution in [2.24, 2.45) is 0 Å². The summed E-state index contributed by atoms with van der Waals surface area (Å²) in [5, 5.41) is 2.72. The maximum absolute atomic E-state index is 13.3. The van der Waals surface area contributed by atoms with Gasteiger partial charge in [0.1, 0.15) is 5.75 Å². The molecule has 2 aromatic rings. The lowest BCUT2D eigenvalue weighted by Crippen LogP contribution is -2.30. The summed E-state index contributed by atoms with van der Waals surface area (Å²) in [5.41, 5.74) is 0. The molecule has 2 rings (SSSR count). The molecular weight excluding hydrogens is 365 g/mol. The van der Waals surface area contributed by atoms with Gasteiger partial charge in [0.2, 0.25) is 0 Å². The molecule has 122 valence electrons. The molecule has 0 aliphatic carbocycles. The number of benzene rings is 2. The van der Waals surface area contributed by atoms with Gasteiger partial charge < -0.3 is 14.8 Å². The van der Waals surface area contributed by atoms with Crippen molar-refractivity contribution in [3.63, 3.8) is 0 Å². The largest absolute Gasteiger partial charge is 0.490 e. The molecule has 0 heterocycles. The van der Waals surface area contributed by atoms with E-state index in [1.54, 1.807) is 30.3 Å². The van der Waals surface area contributed by atoms with E-state index in [0.717, 1.165) is 4.47 Å². The number of carbonyl (C=O) groups excluding carboxylic acids is 1. The fourth-order valence-corrected chi connectivity index (χ4v) is 2.04. The fraction of sp³-hybridized carbons (Fsp3) is 0.235. The van der Waals surface area contributed by atoms with Crippen LogP contribution in [0.25, 0.3) is 0 Å². The molecular formula is C17H17BrFNO3. The Kier molecular flexibility index (Phi) is 6.87. The van der Waals surface area contributed by atoms with E-state index in [1.807, 2.05) is 12.1 Å². The zero-order valence-electron chi connectivity index (χ0n) is 12.4.